The third kappa shape index (κ3) is 3.74. The summed E-state index contributed by atoms with van der Waals surface area (Å²) in [6, 6.07) is 26.2. The zero-order valence-corrected chi connectivity index (χ0v) is 19.9. The first-order valence-corrected chi connectivity index (χ1v) is 12.0. The van der Waals surface area contributed by atoms with E-state index in [9.17, 15) is 14.4 Å². The van der Waals surface area contributed by atoms with E-state index in [1.165, 1.54) is 10.6 Å². The van der Waals surface area contributed by atoms with Crippen molar-refractivity contribution in [3.8, 4) is 11.4 Å². The molecule has 0 radical (unpaired) electrons. The van der Waals surface area contributed by atoms with Gasteiger partial charge in [-0.25, -0.2) is 13.9 Å². The molecule has 5 aromatic rings. The van der Waals surface area contributed by atoms with Crippen LogP contribution in [0.4, 0.5) is 11.4 Å². The Kier molecular flexibility index (Phi) is 5.34. The van der Waals surface area contributed by atoms with E-state index >= 15 is 0 Å². The number of hydrogen-bond donors (Lipinski definition) is 1. The van der Waals surface area contributed by atoms with Crippen molar-refractivity contribution in [2.75, 3.05) is 5.32 Å². The standard InChI is InChI=1S/C28H21ClN4O3/c29-18-11-13-19(14-12-18)30-23-17-24(34)31(22-15-16-22)26-25(23)27(35)33(21-9-5-2-6-10-21)28(36)32(26)20-7-3-1-4-8-20/h1-14,17,22,30H,15-16H2. The van der Waals surface area contributed by atoms with Crippen molar-refractivity contribution >= 4 is 34.0 Å². The van der Waals surface area contributed by atoms with Crippen molar-refractivity contribution in [1.29, 1.82) is 0 Å². The van der Waals surface area contributed by atoms with E-state index in [1.807, 2.05) is 24.3 Å². The van der Waals surface area contributed by atoms with Crippen molar-refractivity contribution in [1.82, 2.24) is 13.7 Å². The SMILES string of the molecule is O=c1c2c(Nc3ccc(Cl)cc3)cc(=O)n(C3CC3)c2n(-c2ccccc2)c(=O)n1-c1ccccc1. The van der Waals surface area contributed by atoms with Crippen LogP contribution >= 0.6 is 11.6 Å². The highest BCUT2D eigenvalue weighted by Gasteiger charge is 2.31. The molecule has 178 valence electrons. The van der Waals surface area contributed by atoms with Gasteiger partial charge in [0.2, 0.25) is 0 Å². The molecule has 2 aromatic heterocycles. The van der Waals surface area contributed by atoms with Crippen LogP contribution in [-0.2, 0) is 0 Å². The van der Waals surface area contributed by atoms with Gasteiger partial charge in [0, 0.05) is 22.8 Å². The van der Waals surface area contributed by atoms with Crippen molar-refractivity contribution in [2.45, 2.75) is 18.9 Å². The van der Waals surface area contributed by atoms with Crippen molar-refractivity contribution in [2.24, 2.45) is 0 Å². The highest BCUT2D eigenvalue weighted by atomic mass is 35.5. The van der Waals surface area contributed by atoms with E-state index in [0.717, 1.165) is 17.4 Å². The quantitative estimate of drug-likeness (QED) is 0.370. The summed E-state index contributed by atoms with van der Waals surface area (Å²) >= 11 is 6.04. The summed E-state index contributed by atoms with van der Waals surface area (Å²) < 4.78 is 4.22. The number of aromatic nitrogens is 3. The lowest BCUT2D eigenvalue weighted by molar-refractivity contribution is 0.701. The molecule has 0 spiro atoms. The molecule has 1 aliphatic rings. The highest BCUT2D eigenvalue weighted by molar-refractivity contribution is 6.30. The first-order valence-electron chi connectivity index (χ1n) is 11.6. The molecule has 8 heteroatoms. The monoisotopic (exact) mass is 496 g/mol. The third-order valence-corrected chi connectivity index (χ3v) is 6.55. The average Bonchev–Trinajstić information content (AvgIpc) is 3.72. The summed E-state index contributed by atoms with van der Waals surface area (Å²) in [6.07, 6.45) is 1.62. The van der Waals surface area contributed by atoms with Crippen molar-refractivity contribution < 1.29 is 0 Å². The molecule has 0 saturated heterocycles. The summed E-state index contributed by atoms with van der Waals surface area (Å²) in [5.41, 5.74) is 0.968. The Morgan fingerprint density at radius 2 is 1.33 bits per heavy atom. The third-order valence-electron chi connectivity index (χ3n) is 6.30. The number of fused-ring (bicyclic) bond motifs is 1. The van der Waals surface area contributed by atoms with E-state index in [0.29, 0.717) is 27.8 Å². The Morgan fingerprint density at radius 1 is 0.750 bits per heavy atom. The maximum absolute atomic E-state index is 14.1. The van der Waals surface area contributed by atoms with Gasteiger partial charge in [0.05, 0.1) is 17.1 Å². The lowest BCUT2D eigenvalue weighted by Gasteiger charge is -2.20. The molecule has 3 aromatic carbocycles. The minimum atomic E-state index is -0.539. The van der Waals surface area contributed by atoms with Gasteiger partial charge in [-0.1, -0.05) is 48.0 Å². The smallest absolute Gasteiger partial charge is 0.341 e. The Labute approximate surface area is 210 Å². The van der Waals surface area contributed by atoms with Gasteiger partial charge in [-0.3, -0.25) is 14.2 Å². The summed E-state index contributed by atoms with van der Waals surface area (Å²) in [5.74, 6) is 0. The van der Waals surface area contributed by atoms with Crippen LogP contribution in [0.5, 0.6) is 0 Å². The molecule has 36 heavy (non-hydrogen) atoms. The van der Waals surface area contributed by atoms with Gasteiger partial charge in [-0.15, -0.1) is 0 Å². The van der Waals surface area contributed by atoms with Crippen LogP contribution in [0.3, 0.4) is 0 Å². The minimum Gasteiger partial charge on any atom is -0.355 e. The van der Waals surface area contributed by atoms with Gasteiger partial charge in [-0.2, -0.15) is 0 Å². The second-order valence-electron chi connectivity index (χ2n) is 8.76. The molecule has 7 nitrogen and oxygen atoms in total. The van der Waals surface area contributed by atoms with E-state index < -0.39 is 11.2 Å². The summed E-state index contributed by atoms with van der Waals surface area (Å²) in [7, 11) is 0. The number of halogens is 1. The second-order valence-corrected chi connectivity index (χ2v) is 9.19. The molecule has 0 unspecified atom stereocenters. The van der Waals surface area contributed by atoms with Gasteiger partial charge in [0.1, 0.15) is 11.0 Å². The molecule has 0 aliphatic heterocycles. The minimum absolute atomic E-state index is 0.0640. The van der Waals surface area contributed by atoms with Crippen LogP contribution in [0.1, 0.15) is 18.9 Å². The highest BCUT2D eigenvalue weighted by Crippen LogP contribution is 2.37. The lowest BCUT2D eigenvalue weighted by Crippen LogP contribution is -2.41. The van der Waals surface area contributed by atoms with Gasteiger partial charge >= 0.3 is 5.69 Å². The fourth-order valence-corrected chi connectivity index (χ4v) is 4.64. The molecule has 1 aliphatic carbocycles. The van der Waals surface area contributed by atoms with Crippen molar-refractivity contribution in [3.63, 3.8) is 0 Å². The zero-order valence-electron chi connectivity index (χ0n) is 19.1. The largest absolute Gasteiger partial charge is 0.355 e. The predicted octanol–water partition coefficient (Wildman–Crippen LogP) is 5.04. The Balaban J connectivity index is 1.78. The van der Waals surface area contributed by atoms with Gasteiger partial charge in [0.15, 0.2) is 0 Å². The molecule has 0 atom stereocenters. The average molecular weight is 497 g/mol. The Bertz CT molecular complexity index is 1770. The number of nitrogens with one attached hydrogen (secondary N) is 1. The van der Waals surface area contributed by atoms with Crippen LogP contribution < -0.4 is 22.1 Å². The number of rotatable bonds is 5. The normalized spacial score (nSPS) is 13.1. The van der Waals surface area contributed by atoms with Gasteiger partial charge < -0.3 is 5.32 Å². The molecule has 1 fully saturated rings. The zero-order chi connectivity index (χ0) is 24.8. The first-order chi connectivity index (χ1) is 17.5. The molecular weight excluding hydrogens is 476 g/mol. The number of benzene rings is 3. The summed E-state index contributed by atoms with van der Waals surface area (Å²) in [4.78, 5) is 41.5. The number of para-hydroxylation sites is 2. The molecule has 6 rings (SSSR count). The van der Waals surface area contributed by atoms with E-state index in [1.54, 1.807) is 65.2 Å². The predicted molar refractivity (Wildman–Crippen MR) is 142 cm³/mol. The Hall–Kier alpha value is -4.36. The van der Waals surface area contributed by atoms with E-state index in [-0.39, 0.29) is 22.6 Å². The fraction of sp³-hybridized carbons (Fsp3) is 0.107. The van der Waals surface area contributed by atoms with Crippen molar-refractivity contribution in [3.05, 3.63) is 127 Å². The van der Waals surface area contributed by atoms with Crippen LogP contribution in [0.15, 0.2) is 105 Å². The van der Waals surface area contributed by atoms with Gasteiger partial charge in [-0.05, 0) is 61.4 Å². The Morgan fingerprint density at radius 3 is 1.92 bits per heavy atom. The lowest BCUT2D eigenvalue weighted by atomic mass is 10.2. The molecule has 0 amide bonds. The number of hydrogen-bond acceptors (Lipinski definition) is 4. The van der Waals surface area contributed by atoms with Gasteiger partial charge in [0.25, 0.3) is 11.1 Å². The number of anilines is 2. The molecule has 1 saturated carbocycles. The maximum Gasteiger partial charge on any atom is 0.341 e. The number of pyridine rings is 1. The van der Waals surface area contributed by atoms with Crippen LogP contribution in [-0.4, -0.2) is 13.7 Å². The van der Waals surface area contributed by atoms with E-state index in [4.69, 9.17) is 11.6 Å². The molecule has 1 N–H and O–H groups in total. The fourth-order valence-electron chi connectivity index (χ4n) is 4.52. The van der Waals surface area contributed by atoms with E-state index in [2.05, 4.69) is 5.32 Å². The van der Waals surface area contributed by atoms with Crippen LogP contribution in [0.2, 0.25) is 5.02 Å². The number of nitrogens with zero attached hydrogens (tertiary/aromatic N) is 3. The topological polar surface area (TPSA) is 78.0 Å². The summed E-state index contributed by atoms with van der Waals surface area (Å²) in [6.45, 7) is 0. The van der Waals surface area contributed by atoms with Crippen LogP contribution in [0, 0.1) is 0 Å². The molecular formula is C28H21ClN4O3. The molecule has 2 heterocycles. The first kappa shape index (κ1) is 22.1. The van der Waals surface area contributed by atoms with Crippen LogP contribution in [0.25, 0.3) is 22.4 Å². The molecule has 0 bridgehead atoms. The maximum atomic E-state index is 14.1. The summed E-state index contributed by atoms with van der Waals surface area (Å²) in [5, 5.41) is 4.04. The second kappa shape index (κ2) is 8.70.